The molecule has 2 rings (SSSR count). The maximum Gasteiger partial charge on any atom is 0.0355 e. The Kier molecular flexibility index (Phi) is 2.64. The first kappa shape index (κ1) is 9.66. The molecule has 15 heavy (non-hydrogen) atoms. The summed E-state index contributed by atoms with van der Waals surface area (Å²) >= 11 is 0. The van der Waals surface area contributed by atoms with Gasteiger partial charge in [-0.05, 0) is 29.7 Å². The third kappa shape index (κ3) is 2.13. The van der Waals surface area contributed by atoms with Crippen molar-refractivity contribution >= 4 is 5.71 Å². The van der Waals surface area contributed by atoms with Crippen molar-refractivity contribution in [3.63, 3.8) is 0 Å². The molecule has 2 aromatic rings. The van der Waals surface area contributed by atoms with Gasteiger partial charge in [-0.25, -0.2) is 0 Å². The summed E-state index contributed by atoms with van der Waals surface area (Å²) in [5.74, 6) is 0. The van der Waals surface area contributed by atoms with Crippen LogP contribution in [0.1, 0.15) is 12.5 Å². The van der Waals surface area contributed by atoms with Crippen LogP contribution >= 0.6 is 0 Å². The van der Waals surface area contributed by atoms with Crippen LogP contribution in [0, 0.1) is 5.41 Å². The molecule has 2 aromatic carbocycles. The summed E-state index contributed by atoms with van der Waals surface area (Å²) in [6.07, 6.45) is 0. The van der Waals surface area contributed by atoms with Gasteiger partial charge < -0.3 is 5.41 Å². The Labute approximate surface area is 89.9 Å². The maximum atomic E-state index is 7.59. The molecule has 0 saturated heterocycles. The van der Waals surface area contributed by atoms with Gasteiger partial charge in [0.1, 0.15) is 0 Å². The normalized spacial score (nSPS) is 9.93. The first-order valence-electron chi connectivity index (χ1n) is 4.98. The molecule has 1 heteroatoms. The van der Waals surface area contributed by atoms with Crippen LogP contribution in [0.25, 0.3) is 11.1 Å². The van der Waals surface area contributed by atoms with E-state index >= 15 is 0 Å². The minimum Gasteiger partial charge on any atom is -0.305 e. The van der Waals surface area contributed by atoms with Crippen molar-refractivity contribution in [1.29, 1.82) is 5.41 Å². The largest absolute Gasteiger partial charge is 0.305 e. The molecule has 0 heterocycles. The zero-order chi connectivity index (χ0) is 10.7. The Morgan fingerprint density at radius 2 is 1.53 bits per heavy atom. The minimum absolute atomic E-state index is 0.604. The highest BCUT2D eigenvalue weighted by atomic mass is 14.4. The van der Waals surface area contributed by atoms with Gasteiger partial charge in [-0.15, -0.1) is 0 Å². The molecular formula is C14H13N. The highest BCUT2D eigenvalue weighted by molar-refractivity contribution is 5.97. The van der Waals surface area contributed by atoms with Gasteiger partial charge in [-0.2, -0.15) is 0 Å². The lowest BCUT2D eigenvalue weighted by atomic mass is 10.0. The Hall–Kier alpha value is -1.89. The van der Waals surface area contributed by atoms with Crippen LogP contribution in [0.3, 0.4) is 0 Å². The standard InChI is InChI=1S/C14H13N/c1-11(15)13-8-5-9-14(10-13)12-6-3-2-4-7-12/h2-10,15H,1H3. The van der Waals surface area contributed by atoms with Gasteiger partial charge in [0.15, 0.2) is 0 Å². The maximum absolute atomic E-state index is 7.59. The van der Waals surface area contributed by atoms with Crippen LogP contribution in [0.2, 0.25) is 0 Å². The highest BCUT2D eigenvalue weighted by Gasteiger charge is 1.99. The number of hydrogen-bond acceptors (Lipinski definition) is 1. The van der Waals surface area contributed by atoms with E-state index in [1.54, 1.807) is 0 Å². The SMILES string of the molecule is CC(=N)c1cccc(-c2ccccc2)c1. The summed E-state index contributed by atoms with van der Waals surface area (Å²) in [6.45, 7) is 1.81. The second kappa shape index (κ2) is 4.09. The molecular weight excluding hydrogens is 182 g/mol. The topological polar surface area (TPSA) is 23.9 Å². The fourth-order valence-corrected chi connectivity index (χ4v) is 1.56. The molecule has 0 aliphatic heterocycles. The molecule has 0 radical (unpaired) electrons. The van der Waals surface area contributed by atoms with Crippen molar-refractivity contribution in [2.75, 3.05) is 0 Å². The highest BCUT2D eigenvalue weighted by Crippen LogP contribution is 2.19. The fourth-order valence-electron chi connectivity index (χ4n) is 1.56. The van der Waals surface area contributed by atoms with Gasteiger partial charge in [-0.3, -0.25) is 0 Å². The zero-order valence-corrected chi connectivity index (χ0v) is 8.70. The Bertz CT molecular complexity index is 472. The Morgan fingerprint density at radius 3 is 2.20 bits per heavy atom. The first-order chi connectivity index (χ1) is 7.27. The lowest BCUT2D eigenvalue weighted by molar-refractivity contribution is 1.45. The minimum atomic E-state index is 0.604. The Morgan fingerprint density at radius 1 is 0.867 bits per heavy atom. The molecule has 0 aliphatic carbocycles. The molecule has 0 atom stereocenters. The summed E-state index contributed by atoms with van der Waals surface area (Å²) < 4.78 is 0. The van der Waals surface area contributed by atoms with Gasteiger partial charge in [-0.1, -0.05) is 48.5 Å². The Balaban J connectivity index is 2.46. The predicted molar refractivity (Wildman–Crippen MR) is 64.4 cm³/mol. The van der Waals surface area contributed by atoms with E-state index in [4.69, 9.17) is 5.41 Å². The van der Waals surface area contributed by atoms with E-state index < -0.39 is 0 Å². The summed E-state index contributed by atoms with van der Waals surface area (Å²) in [7, 11) is 0. The molecule has 0 fully saturated rings. The first-order valence-corrected chi connectivity index (χ1v) is 4.98. The molecule has 0 aromatic heterocycles. The van der Waals surface area contributed by atoms with Gasteiger partial charge in [0.05, 0.1) is 0 Å². The van der Waals surface area contributed by atoms with Crippen molar-refractivity contribution < 1.29 is 0 Å². The van der Waals surface area contributed by atoms with Crippen molar-refractivity contribution in [3.8, 4) is 11.1 Å². The monoisotopic (exact) mass is 195 g/mol. The molecule has 0 spiro atoms. The lowest BCUT2D eigenvalue weighted by Gasteiger charge is -2.03. The lowest BCUT2D eigenvalue weighted by Crippen LogP contribution is -1.91. The van der Waals surface area contributed by atoms with Crippen LogP contribution in [-0.2, 0) is 0 Å². The van der Waals surface area contributed by atoms with Crippen molar-refractivity contribution in [1.82, 2.24) is 0 Å². The average molecular weight is 195 g/mol. The summed E-state index contributed by atoms with van der Waals surface area (Å²) in [4.78, 5) is 0. The van der Waals surface area contributed by atoms with Crippen molar-refractivity contribution in [2.24, 2.45) is 0 Å². The fraction of sp³-hybridized carbons (Fsp3) is 0.0714. The molecule has 0 unspecified atom stereocenters. The number of benzene rings is 2. The molecule has 0 amide bonds. The molecule has 0 bridgehead atoms. The summed E-state index contributed by atoms with van der Waals surface area (Å²) in [5, 5.41) is 7.59. The van der Waals surface area contributed by atoms with Crippen LogP contribution in [-0.4, -0.2) is 5.71 Å². The molecule has 0 saturated carbocycles. The number of hydrogen-bond donors (Lipinski definition) is 1. The average Bonchev–Trinajstić information content (AvgIpc) is 2.30. The quantitative estimate of drug-likeness (QED) is 0.706. The third-order valence-corrected chi connectivity index (χ3v) is 2.40. The van der Waals surface area contributed by atoms with Crippen LogP contribution in [0.5, 0.6) is 0 Å². The van der Waals surface area contributed by atoms with Crippen LogP contribution in [0.15, 0.2) is 54.6 Å². The molecule has 1 N–H and O–H groups in total. The second-order valence-electron chi connectivity index (χ2n) is 3.57. The second-order valence-corrected chi connectivity index (χ2v) is 3.57. The van der Waals surface area contributed by atoms with Gasteiger partial charge in [0.2, 0.25) is 0 Å². The van der Waals surface area contributed by atoms with E-state index in [9.17, 15) is 0 Å². The zero-order valence-electron chi connectivity index (χ0n) is 8.70. The predicted octanol–water partition coefficient (Wildman–Crippen LogP) is 3.74. The van der Waals surface area contributed by atoms with E-state index in [0.29, 0.717) is 5.71 Å². The summed E-state index contributed by atoms with van der Waals surface area (Å²) in [5.41, 5.74) is 3.95. The van der Waals surface area contributed by atoms with E-state index in [1.165, 1.54) is 11.1 Å². The van der Waals surface area contributed by atoms with Crippen molar-refractivity contribution in [3.05, 3.63) is 60.2 Å². The van der Waals surface area contributed by atoms with Crippen LogP contribution < -0.4 is 0 Å². The number of nitrogens with one attached hydrogen (secondary N) is 1. The summed E-state index contributed by atoms with van der Waals surface area (Å²) in [6, 6.07) is 18.3. The van der Waals surface area contributed by atoms with E-state index in [0.717, 1.165) is 5.56 Å². The van der Waals surface area contributed by atoms with Gasteiger partial charge in [0.25, 0.3) is 0 Å². The van der Waals surface area contributed by atoms with Gasteiger partial charge >= 0.3 is 0 Å². The van der Waals surface area contributed by atoms with Crippen LogP contribution in [0.4, 0.5) is 0 Å². The smallest absolute Gasteiger partial charge is 0.0355 e. The van der Waals surface area contributed by atoms with Crippen molar-refractivity contribution in [2.45, 2.75) is 6.92 Å². The van der Waals surface area contributed by atoms with E-state index in [-0.39, 0.29) is 0 Å². The molecule has 1 nitrogen and oxygen atoms in total. The van der Waals surface area contributed by atoms with E-state index in [1.807, 2.05) is 37.3 Å². The third-order valence-electron chi connectivity index (χ3n) is 2.40. The molecule has 0 aliphatic rings. The van der Waals surface area contributed by atoms with Gasteiger partial charge in [0, 0.05) is 5.71 Å². The van der Waals surface area contributed by atoms with E-state index in [2.05, 4.69) is 24.3 Å². The number of rotatable bonds is 2. The molecule has 74 valence electrons.